The van der Waals surface area contributed by atoms with E-state index in [1.807, 2.05) is 48.5 Å². The zero-order chi connectivity index (χ0) is 32.6. The van der Waals surface area contributed by atoms with Crippen molar-refractivity contribution in [1.82, 2.24) is 18.7 Å². The Hall–Kier alpha value is -7.15. The average molecular weight is 625 g/mol. The van der Waals surface area contributed by atoms with Crippen LogP contribution in [0.4, 0.5) is 0 Å². The molecule has 0 aliphatic rings. The molecule has 0 radical (unpaired) electrons. The van der Waals surface area contributed by atoms with Crippen molar-refractivity contribution < 1.29 is 0 Å². The van der Waals surface area contributed by atoms with Crippen molar-refractivity contribution in [2.45, 2.75) is 0 Å². The van der Waals surface area contributed by atoms with E-state index in [2.05, 4.69) is 123 Å². The fourth-order valence-electron chi connectivity index (χ4n) is 7.60. The number of rotatable bonds is 3. The number of aromatic nitrogens is 4. The van der Waals surface area contributed by atoms with Crippen LogP contribution >= 0.6 is 0 Å². The molecule has 6 aromatic carbocycles. The van der Waals surface area contributed by atoms with E-state index in [1.165, 1.54) is 10.8 Å². The highest BCUT2D eigenvalue weighted by Gasteiger charge is 2.20. The molecule has 49 heavy (non-hydrogen) atoms. The van der Waals surface area contributed by atoms with Crippen LogP contribution in [0.1, 0.15) is 11.1 Å². The predicted molar refractivity (Wildman–Crippen MR) is 197 cm³/mol. The highest BCUT2D eigenvalue weighted by atomic mass is 15.1. The fourth-order valence-corrected chi connectivity index (χ4v) is 7.60. The molecule has 0 atom stereocenters. The summed E-state index contributed by atoms with van der Waals surface area (Å²) in [5.41, 5.74) is 8.58. The summed E-state index contributed by atoms with van der Waals surface area (Å²) < 4.78 is 6.74. The van der Waals surface area contributed by atoms with Crippen LogP contribution in [-0.4, -0.2) is 18.7 Å². The molecule has 0 spiro atoms. The van der Waals surface area contributed by atoms with Gasteiger partial charge in [-0.15, -0.1) is 0 Å². The van der Waals surface area contributed by atoms with Gasteiger partial charge in [-0.3, -0.25) is 9.13 Å². The Labute approximate surface area is 280 Å². The van der Waals surface area contributed by atoms with Gasteiger partial charge in [-0.2, -0.15) is 10.5 Å². The highest BCUT2D eigenvalue weighted by Crippen LogP contribution is 2.40. The first-order chi connectivity index (χ1) is 24.2. The Morgan fingerprint density at radius 3 is 1.39 bits per heavy atom. The number of benzene rings is 6. The predicted octanol–water partition coefficient (Wildman–Crippen LogP) is 10.1. The monoisotopic (exact) mass is 624 g/mol. The van der Waals surface area contributed by atoms with Gasteiger partial charge in [0.05, 0.1) is 56.4 Å². The maximum atomic E-state index is 9.67. The number of fused-ring (bicyclic) bond motifs is 9. The fraction of sp³-hybridized carbons (Fsp3) is 0. The van der Waals surface area contributed by atoms with Gasteiger partial charge >= 0.3 is 0 Å². The van der Waals surface area contributed by atoms with Crippen LogP contribution in [0.15, 0.2) is 146 Å². The molecule has 10 rings (SSSR count). The van der Waals surface area contributed by atoms with Gasteiger partial charge in [0, 0.05) is 38.0 Å². The Balaban J connectivity index is 1.27. The molecule has 6 heteroatoms. The van der Waals surface area contributed by atoms with Crippen molar-refractivity contribution in [3.05, 3.63) is 157 Å². The van der Waals surface area contributed by atoms with Gasteiger partial charge in [-0.1, -0.05) is 60.7 Å². The molecular formula is C43H24N6. The lowest BCUT2D eigenvalue weighted by molar-refractivity contribution is 1.01. The van der Waals surface area contributed by atoms with Crippen LogP contribution in [0.25, 0.3) is 82.7 Å². The second kappa shape index (κ2) is 10.2. The van der Waals surface area contributed by atoms with Crippen LogP contribution in [0.3, 0.4) is 0 Å². The van der Waals surface area contributed by atoms with Gasteiger partial charge in [0.25, 0.3) is 0 Å². The van der Waals surface area contributed by atoms with Crippen LogP contribution < -0.4 is 0 Å². The van der Waals surface area contributed by atoms with Gasteiger partial charge < -0.3 is 4.57 Å². The lowest BCUT2D eigenvalue weighted by Gasteiger charge is -2.12. The third-order valence-corrected chi connectivity index (χ3v) is 9.68. The Morgan fingerprint density at radius 1 is 0.367 bits per heavy atom. The lowest BCUT2D eigenvalue weighted by atomic mass is 10.1. The number of pyridine rings is 1. The molecule has 0 saturated carbocycles. The summed E-state index contributed by atoms with van der Waals surface area (Å²) in [5.74, 6) is 1.55. The number of hydrogen-bond donors (Lipinski definition) is 0. The first kappa shape index (κ1) is 27.0. The molecule has 0 aliphatic carbocycles. The second-order valence-electron chi connectivity index (χ2n) is 12.3. The molecule has 4 aromatic heterocycles. The topological polar surface area (TPSA) is 75.3 Å². The maximum Gasteiger partial charge on any atom is 0.140 e. The first-order valence-electron chi connectivity index (χ1n) is 16.1. The quantitative estimate of drug-likeness (QED) is 0.196. The van der Waals surface area contributed by atoms with Crippen LogP contribution in [-0.2, 0) is 0 Å². The zero-order valence-electron chi connectivity index (χ0n) is 26.0. The summed E-state index contributed by atoms with van der Waals surface area (Å²) in [5, 5.41) is 25.8. The van der Waals surface area contributed by atoms with Crippen molar-refractivity contribution in [2.75, 3.05) is 0 Å². The van der Waals surface area contributed by atoms with E-state index in [0.29, 0.717) is 11.1 Å². The smallest absolute Gasteiger partial charge is 0.140 e. The summed E-state index contributed by atoms with van der Waals surface area (Å²) in [6, 6.07) is 54.3. The third-order valence-electron chi connectivity index (χ3n) is 9.68. The summed E-state index contributed by atoms with van der Waals surface area (Å²) in [7, 11) is 0. The molecule has 0 fully saturated rings. The summed E-state index contributed by atoms with van der Waals surface area (Å²) in [4.78, 5) is 5.33. The molecular weight excluding hydrogens is 601 g/mol. The van der Waals surface area contributed by atoms with E-state index >= 15 is 0 Å². The normalized spacial score (nSPS) is 11.6. The van der Waals surface area contributed by atoms with E-state index in [0.717, 1.165) is 72.0 Å². The molecule has 0 N–H and O–H groups in total. The van der Waals surface area contributed by atoms with Gasteiger partial charge in [0.15, 0.2) is 0 Å². The third kappa shape index (κ3) is 3.83. The Morgan fingerprint density at radius 2 is 0.816 bits per heavy atom. The number of hydrogen-bond acceptors (Lipinski definition) is 3. The molecule has 6 nitrogen and oxygen atoms in total. The molecule has 10 aromatic rings. The minimum atomic E-state index is 0.570. The van der Waals surface area contributed by atoms with Gasteiger partial charge in [0.1, 0.15) is 11.6 Å². The van der Waals surface area contributed by atoms with Crippen molar-refractivity contribution >= 4 is 65.4 Å². The minimum absolute atomic E-state index is 0.570. The van der Waals surface area contributed by atoms with E-state index in [-0.39, 0.29) is 0 Å². The largest absolute Gasteiger partial charge is 0.309 e. The molecule has 4 heterocycles. The number of nitriles is 2. The molecule has 0 saturated heterocycles. The van der Waals surface area contributed by atoms with Crippen LogP contribution in [0.5, 0.6) is 0 Å². The molecule has 0 unspecified atom stereocenters. The van der Waals surface area contributed by atoms with E-state index in [1.54, 1.807) is 0 Å². The number of para-hydroxylation sites is 3. The average Bonchev–Trinajstić information content (AvgIpc) is 3.79. The van der Waals surface area contributed by atoms with Crippen molar-refractivity contribution in [3.63, 3.8) is 0 Å². The van der Waals surface area contributed by atoms with Crippen molar-refractivity contribution in [2.24, 2.45) is 0 Å². The highest BCUT2D eigenvalue weighted by molar-refractivity contribution is 6.19. The van der Waals surface area contributed by atoms with Crippen LogP contribution in [0, 0.1) is 22.7 Å². The minimum Gasteiger partial charge on any atom is -0.309 e. The first-order valence-corrected chi connectivity index (χ1v) is 16.1. The van der Waals surface area contributed by atoms with Gasteiger partial charge in [0.2, 0.25) is 0 Å². The summed E-state index contributed by atoms with van der Waals surface area (Å²) in [6.07, 6.45) is 0. The summed E-state index contributed by atoms with van der Waals surface area (Å²) in [6.45, 7) is 0. The van der Waals surface area contributed by atoms with E-state index in [4.69, 9.17) is 4.98 Å². The Kier molecular flexibility index (Phi) is 5.61. The number of nitrogens with zero attached hydrogens (tertiary/aromatic N) is 6. The van der Waals surface area contributed by atoms with Gasteiger partial charge in [-0.25, -0.2) is 4.98 Å². The maximum absolute atomic E-state index is 9.67. The Bertz CT molecular complexity index is 3000. The molecule has 0 amide bonds. The lowest BCUT2D eigenvalue weighted by Crippen LogP contribution is -2.03. The molecule has 226 valence electrons. The zero-order valence-corrected chi connectivity index (χ0v) is 26.0. The second-order valence-corrected chi connectivity index (χ2v) is 12.3. The van der Waals surface area contributed by atoms with Gasteiger partial charge in [-0.05, 0) is 84.9 Å². The van der Waals surface area contributed by atoms with Crippen LogP contribution in [0.2, 0.25) is 0 Å². The summed E-state index contributed by atoms with van der Waals surface area (Å²) >= 11 is 0. The SMILES string of the molecule is N#Cc1ccc2c(c1)c1cc(C#N)ccc1n2-c1cccc(-n2c3ccccc3c3cc4c(cc32)c2ccccc2n4-c2ccccc2)n1. The van der Waals surface area contributed by atoms with Crippen molar-refractivity contribution in [1.29, 1.82) is 10.5 Å². The van der Waals surface area contributed by atoms with E-state index < -0.39 is 0 Å². The van der Waals surface area contributed by atoms with Crippen molar-refractivity contribution in [3.8, 4) is 29.5 Å². The standard InChI is InChI=1S/C43H24N6/c44-25-27-17-19-38-32(21-27)33-22-28(26-45)18-20-39(33)48(38)42-15-8-16-43(46-42)49-37-14-7-5-12-31(37)35-23-40-34(24-41(35)49)30-11-4-6-13-36(30)47(40)29-9-2-1-3-10-29/h1-24H. The molecule has 0 bridgehead atoms. The molecule has 0 aliphatic heterocycles. The van der Waals surface area contributed by atoms with E-state index in [9.17, 15) is 10.5 Å².